The van der Waals surface area contributed by atoms with Crippen molar-refractivity contribution in [3.63, 3.8) is 0 Å². The number of aromatic nitrogens is 5. The van der Waals surface area contributed by atoms with Crippen LogP contribution < -0.4 is 10.2 Å². The molecule has 8 heteroatoms. The first-order chi connectivity index (χ1) is 13.7. The van der Waals surface area contributed by atoms with Gasteiger partial charge in [-0.25, -0.2) is 15.0 Å². The minimum absolute atomic E-state index is 0.0252. The predicted molar refractivity (Wildman–Crippen MR) is 105 cm³/mol. The third-order valence-corrected chi connectivity index (χ3v) is 5.07. The second kappa shape index (κ2) is 8.16. The lowest BCUT2D eigenvalue weighted by atomic mass is 9.96. The van der Waals surface area contributed by atoms with Gasteiger partial charge in [0.05, 0.1) is 12.2 Å². The van der Waals surface area contributed by atoms with E-state index in [2.05, 4.69) is 30.2 Å². The monoisotopic (exact) mass is 377 g/mol. The Hall–Kier alpha value is -3.29. The van der Waals surface area contributed by atoms with Crippen molar-refractivity contribution in [2.75, 3.05) is 18.0 Å². The van der Waals surface area contributed by atoms with E-state index in [1.165, 1.54) is 0 Å². The largest absolute Gasteiger partial charge is 0.356 e. The zero-order valence-corrected chi connectivity index (χ0v) is 15.8. The van der Waals surface area contributed by atoms with Crippen molar-refractivity contribution >= 4 is 11.7 Å². The Balaban J connectivity index is 1.34. The van der Waals surface area contributed by atoms with Crippen LogP contribution in [0, 0.1) is 12.8 Å². The van der Waals surface area contributed by atoms with Crippen LogP contribution in [-0.2, 0) is 11.3 Å². The average molecular weight is 377 g/mol. The number of carbonyl (C=O) groups is 1. The van der Waals surface area contributed by atoms with E-state index < -0.39 is 0 Å². The van der Waals surface area contributed by atoms with Gasteiger partial charge in [0.2, 0.25) is 5.91 Å². The molecule has 1 aliphatic rings. The molecule has 4 rings (SSSR count). The van der Waals surface area contributed by atoms with Crippen molar-refractivity contribution in [2.24, 2.45) is 5.92 Å². The van der Waals surface area contributed by atoms with Gasteiger partial charge in [-0.2, -0.15) is 0 Å². The lowest BCUT2D eigenvalue weighted by Gasteiger charge is -2.32. The standard InChI is InChI=1S/C20H23N7O/c1-15-21-8-11-27(15)19-12-18(24-14-25-19)26-9-5-16(6-10-26)20(28)23-13-17-4-2-3-7-22-17/h2-4,7-8,11-12,14,16H,5-6,9-10,13H2,1H3,(H,23,28). The summed E-state index contributed by atoms with van der Waals surface area (Å²) in [5.74, 6) is 2.69. The van der Waals surface area contributed by atoms with E-state index in [0.29, 0.717) is 6.54 Å². The van der Waals surface area contributed by atoms with Gasteiger partial charge in [0.15, 0.2) is 0 Å². The first-order valence-electron chi connectivity index (χ1n) is 9.45. The number of pyridine rings is 1. The lowest BCUT2D eigenvalue weighted by Crippen LogP contribution is -2.40. The number of amides is 1. The van der Waals surface area contributed by atoms with Crippen LogP contribution >= 0.6 is 0 Å². The number of hydrogen-bond acceptors (Lipinski definition) is 6. The summed E-state index contributed by atoms with van der Waals surface area (Å²) in [5, 5.41) is 3.00. The van der Waals surface area contributed by atoms with E-state index in [-0.39, 0.29) is 11.8 Å². The first kappa shape index (κ1) is 18.1. The van der Waals surface area contributed by atoms with Gasteiger partial charge >= 0.3 is 0 Å². The topological polar surface area (TPSA) is 88.8 Å². The molecule has 1 saturated heterocycles. The second-order valence-corrected chi connectivity index (χ2v) is 6.88. The molecule has 0 unspecified atom stereocenters. The fourth-order valence-corrected chi connectivity index (χ4v) is 3.46. The van der Waals surface area contributed by atoms with E-state index >= 15 is 0 Å². The number of piperidine rings is 1. The fraction of sp³-hybridized carbons (Fsp3) is 0.350. The number of imidazole rings is 1. The number of carbonyl (C=O) groups excluding carboxylic acids is 1. The molecule has 0 aliphatic carbocycles. The molecule has 1 amide bonds. The molecule has 0 spiro atoms. The van der Waals surface area contributed by atoms with Crippen LogP contribution in [-0.4, -0.2) is 43.5 Å². The highest BCUT2D eigenvalue weighted by molar-refractivity contribution is 5.78. The van der Waals surface area contributed by atoms with Gasteiger partial charge in [0.25, 0.3) is 0 Å². The number of nitrogens with one attached hydrogen (secondary N) is 1. The SMILES string of the molecule is Cc1nccn1-c1cc(N2CCC(C(=O)NCc3ccccn3)CC2)ncn1. The number of hydrogen-bond donors (Lipinski definition) is 1. The number of nitrogens with zero attached hydrogens (tertiary/aromatic N) is 6. The molecule has 1 N–H and O–H groups in total. The van der Waals surface area contributed by atoms with E-state index in [0.717, 1.165) is 49.1 Å². The van der Waals surface area contributed by atoms with Gasteiger partial charge in [-0.1, -0.05) is 6.07 Å². The predicted octanol–water partition coefficient (Wildman–Crippen LogP) is 1.90. The Morgan fingerprint density at radius 3 is 2.64 bits per heavy atom. The van der Waals surface area contributed by atoms with Gasteiger partial charge in [-0.05, 0) is 31.9 Å². The highest BCUT2D eigenvalue weighted by Crippen LogP contribution is 2.23. The Labute approximate surface area is 163 Å². The summed E-state index contributed by atoms with van der Waals surface area (Å²) < 4.78 is 1.93. The second-order valence-electron chi connectivity index (χ2n) is 6.88. The van der Waals surface area contributed by atoms with Crippen molar-refractivity contribution in [3.8, 4) is 5.82 Å². The van der Waals surface area contributed by atoms with Crippen LogP contribution in [0.4, 0.5) is 5.82 Å². The van der Waals surface area contributed by atoms with Gasteiger partial charge in [-0.15, -0.1) is 0 Å². The van der Waals surface area contributed by atoms with E-state index in [1.54, 1.807) is 18.7 Å². The highest BCUT2D eigenvalue weighted by atomic mass is 16.1. The summed E-state index contributed by atoms with van der Waals surface area (Å²) >= 11 is 0. The Bertz CT molecular complexity index is 932. The maximum atomic E-state index is 12.5. The molecule has 0 radical (unpaired) electrons. The molecule has 3 aromatic heterocycles. The van der Waals surface area contributed by atoms with Gasteiger partial charge in [0, 0.05) is 43.7 Å². The molecule has 8 nitrogen and oxygen atoms in total. The van der Waals surface area contributed by atoms with Crippen molar-refractivity contribution in [1.29, 1.82) is 0 Å². The van der Waals surface area contributed by atoms with Gasteiger partial charge in [-0.3, -0.25) is 14.3 Å². The van der Waals surface area contributed by atoms with Crippen LogP contribution in [0.5, 0.6) is 0 Å². The molecule has 0 aromatic carbocycles. The normalized spacial score (nSPS) is 14.8. The molecule has 28 heavy (non-hydrogen) atoms. The molecule has 0 atom stereocenters. The number of rotatable bonds is 5. The molecule has 1 fully saturated rings. The number of anilines is 1. The zero-order valence-electron chi connectivity index (χ0n) is 15.8. The Morgan fingerprint density at radius 2 is 1.93 bits per heavy atom. The first-order valence-corrected chi connectivity index (χ1v) is 9.45. The average Bonchev–Trinajstić information content (AvgIpc) is 3.19. The molecule has 0 bridgehead atoms. The highest BCUT2D eigenvalue weighted by Gasteiger charge is 2.25. The minimum atomic E-state index is 0.0252. The van der Waals surface area contributed by atoms with Crippen molar-refractivity contribution in [2.45, 2.75) is 26.3 Å². The summed E-state index contributed by atoms with van der Waals surface area (Å²) in [5.41, 5.74) is 0.872. The molecule has 4 heterocycles. The quantitative estimate of drug-likeness (QED) is 0.731. The summed E-state index contributed by atoms with van der Waals surface area (Å²) in [6, 6.07) is 7.68. The van der Waals surface area contributed by atoms with Gasteiger partial charge in [0.1, 0.15) is 23.8 Å². The van der Waals surface area contributed by atoms with Crippen molar-refractivity contribution in [3.05, 3.63) is 60.7 Å². The zero-order chi connectivity index (χ0) is 19.3. The van der Waals surface area contributed by atoms with Crippen molar-refractivity contribution < 1.29 is 4.79 Å². The van der Waals surface area contributed by atoms with Crippen LogP contribution in [0.3, 0.4) is 0 Å². The van der Waals surface area contributed by atoms with Crippen LogP contribution in [0.25, 0.3) is 5.82 Å². The fourth-order valence-electron chi connectivity index (χ4n) is 3.46. The van der Waals surface area contributed by atoms with E-state index in [1.807, 2.05) is 42.0 Å². The third kappa shape index (κ3) is 4.00. The summed E-state index contributed by atoms with van der Waals surface area (Å²) in [4.78, 5) is 31.9. The minimum Gasteiger partial charge on any atom is -0.356 e. The number of aryl methyl sites for hydroxylation is 1. The third-order valence-electron chi connectivity index (χ3n) is 5.07. The maximum absolute atomic E-state index is 12.5. The molecular formula is C20H23N7O. The molecule has 1 aliphatic heterocycles. The lowest BCUT2D eigenvalue weighted by molar-refractivity contribution is -0.125. The maximum Gasteiger partial charge on any atom is 0.223 e. The van der Waals surface area contributed by atoms with Crippen LogP contribution in [0.1, 0.15) is 24.4 Å². The molecular weight excluding hydrogens is 354 g/mol. The van der Waals surface area contributed by atoms with Crippen LogP contribution in [0.2, 0.25) is 0 Å². The molecule has 144 valence electrons. The Kier molecular flexibility index (Phi) is 5.27. The van der Waals surface area contributed by atoms with E-state index in [9.17, 15) is 4.79 Å². The molecule has 0 saturated carbocycles. The summed E-state index contributed by atoms with van der Waals surface area (Å²) in [6.45, 7) is 4.00. The summed E-state index contributed by atoms with van der Waals surface area (Å²) in [7, 11) is 0. The van der Waals surface area contributed by atoms with Crippen molar-refractivity contribution in [1.82, 2.24) is 29.8 Å². The summed E-state index contributed by atoms with van der Waals surface area (Å²) in [6.07, 6.45) is 8.57. The smallest absolute Gasteiger partial charge is 0.223 e. The Morgan fingerprint density at radius 1 is 1.11 bits per heavy atom. The molecule has 3 aromatic rings. The van der Waals surface area contributed by atoms with Gasteiger partial charge < -0.3 is 10.2 Å². The van der Waals surface area contributed by atoms with Crippen LogP contribution in [0.15, 0.2) is 49.2 Å². The van der Waals surface area contributed by atoms with E-state index in [4.69, 9.17) is 0 Å².